The molecule has 0 spiro atoms. The zero-order valence-electron chi connectivity index (χ0n) is 14.5. The van der Waals surface area contributed by atoms with Crippen LogP contribution in [0.1, 0.15) is 67.8 Å². The van der Waals surface area contributed by atoms with Crippen molar-refractivity contribution in [2.75, 3.05) is 19.8 Å². The molecule has 1 N–H and O–H groups in total. The number of hydrogen-bond acceptors (Lipinski definition) is 3. The molecule has 0 aliphatic carbocycles. The molecular formula is C18H31NO3. The summed E-state index contributed by atoms with van der Waals surface area (Å²) in [7, 11) is 0. The Balaban J connectivity index is 2.12. The Kier molecular flexibility index (Phi) is 8.90. The fourth-order valence-corrected chi connectivity index (χ4v) is 2.48. The normalized spacial score (nSPS) is 12.4. The van der Waals surface area contributed by atoms with E-state index in [1.165, 1.54) is 25.7 Å². The van der Waals surface area contributed by atoms with Crippen LogP contribution in [0.15, 0.2) is 10.5 Å². The van der Waals surface area contributed by atoms with Gasteiger partial charge in [-0.05, 0) is 38.7 Å². The fraction of sp³-hybridized carbons (Fsp3) is 0.722. The third-order valence-corrected chi connectivity index (χ3v) is 3.93. The van der Waals surface area contributed by atoms with Crippen LogP contribution in [0.3, 0.4) is 0 Å². The van der Waals surface area contributed by atoms with Gasteiger partial charge in [0.05, 0.1) is 5.56 Å². The summed E-state index contributed by atoms with van der Waals surface area (Å²) in [5.74, 6) is 2.05. The molecule has 1 heterocycles. The van der Waals surface area contributed by atoms with Crippen molar-refractivity contribution >= 4 is 5.91 Å². The van der Waals surface area contributed by atoms with E-state index in [9.17, 15) is 4.79 Å². The standard InChI is InChI=1S/C18H31NO3/c1-5-7-9-16(6-2)13-21-11-8-10-19-18(20)17-12-14(3)22-15(17)4/h12,16H,5-11,13H2,1-4H3,(H,19,20). The van der Waals surface area contributed by atoms with Crippen LogP contribution in [0.4, 0.5) is 0 Å². The van der Waals surface area contributed by atoms with E-state index in [1.807, 2.05) is 13.8 Å². The molecule has 0 bridgehead atoms. The van der Waals surface area contributed by atoms with E-state index < -0.39 is 0 Å². The summed E-state index contributed by atoms with van der Waals surface area (Å²) in [4.78, 5) is 12.0. The topological polar surface area (TPSA) is 51.5 Å². The average Bonchev–Trinajstić information content (AvgIpc) is 2.84. The van der Waals surface area contributed by atoms with Crippen molar-refractivity contribution in [1.82, 2.24) is 5.32 Å². The molecule has 0 saturated carbocycles. The predicted octanol–water partition coefficient (Wildman–Crippen LogP) is 4.25. The van der Waals surface area contributed by atoms with Gasteiger partial charge in [0.1, 0.15) is 11.5 Å². The summed E-state index contributed by atoms with van der Waals surface area (Å²) in [6.45, 7) is 10.3. The van der Waals surface area contributed by atoms with E-state index >= 15 is 0 Å². The van der Waals surface area contributed by atoms with Crippen molar-refractivity contribution in [2.45, 2.75) is 59.8 Å². The number of amides is 1. The average molecular weight is 309 g/mol. The van der Waals surface area contributed by atoms with Crippen molar-refractivity contribution < 1.29 is 13.9 Å². The molecule has 0 aliphatic rings. The molecular weight excluding hydrogens is 278 g/mol. The van der Waals surface area contributed by atoms with Gasteiger partial charge in [-0.3, -0.25) is 4.79 Å². The van der Waals surface area contributed by atoms with Gasteiger partial charge in [-0.15, -0.1) is 0 Å². The molecule has 0 radical (unpaired) electrons. The van der Waals surface area contributed by atoms with E-state index in [1.54, 1.807) is 6.07 Å². The van der Waals surface area contributed by atoms with Crippen LogP contribution in [0.5, 0.6) is 0 Å². The van der Waals surface area contributed by atoms with Gasteiger partial charge >= 0.3 is 0 Å². The SMILES string of the molecule is CCCCC(CC)COCCCNC(=O)c1cc(C)oc1C. The van der Waals surface area contributed by atoms with Crippen molar-refractivity contribution in [3.8, 4) is 0 Å². The monoisotopic (exact) mass is 309 g/mol. The summed E-state index contributed by atoms with van der Waals surface area (Å²) in [5.41, 5.74) is 0.629. The number of carbonyl (C=O) groups excluding carboxylic acids is 1. The Hall–Kier alpha value is -1.29. The molecule has 126 valence electrons. The Morgan fingerprint density at radius 1 is 1.32 bits per heavy atom. The number of hydrogen-bond donors (Lipinski definition) is 1. The number of rotatable bonds is 11. The highest BCUT2D eigenvalue weighted by Crippen LogP contribution is 2.14. The van der Waals surface area contributed by atoms with Crippen LogP contribution >= 0.6 is 0 Å². The number of carbonyl (C=O) groups is 1. The van der Waals surface area contributed by atoms with Crippen molar-refractivity contribution in [3.63, 3.8) is 0 Å². The first kappa shape index (κ1) is 18.8. The third kappa shape index (κ3) is 6.65. The first-order chi connectivity index (χ1) is 10.6. The molecule has 1 aromatic rings. The number of ether oxygens (including phenoxy) is 1. The van der Waals surface area contributed by atoms with Crippen molar-refractivity contribution in [2.24, 2.45) is 5.92 Å². The van der Waals surface area contributed by atoms with E-state index in [0.717, 1.165) is 18.8 Å². The number of unbranched alkanes of at least 4 members (excludes halogenated alkanes) is 1. The number of aryl methyl sites for hydroxylation is 2. The zero-order chi connectivity index (χ0) is 16.4. The molecule has 22 heavy (non-hydrogen) atoms. The minimum atomic E-state index is -0.0660. The quantitative estimate of drug-likeness (QED) is 0.622. The van der Waals surface area contributed by atoms with Gasteiger partial charge in [0, 0.05) is 19.8 Å². The molecule has 1 amide bonds. The van der Waals surface area contributed by atoms with E-state index in [4.69, 9.17) is 9.15 Å². The smallest absolute Gasteiger partial charge is 0.254 e. The summed E-state index contributed by atoms with van der Waals surface area (Å²) >= 11 is 0. The lowest BCUT2D eigenvalue weighted by Crippen LogP contribution is -2.25. The van der Waals surface area contributed by atoms with Crippen LogP contribution in [0.2, 0.25) is 0 Å². The Morgan fingerprint density at radius 3 is 2.68 bits per heavy atom. The maximum atomic E-state index is 12.0. The number of nitrogens with one attached hydrogen (secondary N) is 1. The molecule has 0 fully saturated rings. The molecule has 0 aromatic carbocycles. The molecule has 0 aliphatic heterocycles. The Bertz CT molecular complexity index is 440. The second-order valence-corrected chi connectivity index (χ2v) is 5.93. The minimum Gasteiger partial charge on any atom is -0.466 e. The lowest BCUT2D eigenvalue weighted by atomic mass is 10.0. The fourth-order valence-electron chi connectivity index (χ4n) is 2.48. The predicted molar refractivity (Wildman–Crippen MR) is 89.3 cm³/mol. The second-order valence-electron chi connectivity index (χ2n) is 5.93. The molecule has 0 saturated heterocycles. The van der Waals surface area contributed by atoms with Crippen LogP contribution in [0, 0.1) is 19.8 Å². The van der Waals surface area contributed by atoms with Crippen LogP contribution < -0.4 is 5.32 Å². The highest BCUT2D eigenvalue weighted by molar-refractivity contribution is 5.95. The van der Waals surface area contributed by atoms with Gasteiger partial charge in [-0.2, -0.15) is 0 Å². The highest BCUT2D eigenvalue weighted by Gasteiger charge is 2.12. The van der Waals surface area contributed by atoms with Crippen molar-refractivity contribution in [1.29, 1.82) is 0 Å². The third-order valence-electron chi connectivity index (χ3n) is 3.93. The van der Waals surface area contributed by atoms with Crippen LogP contribution in [-0.2, 0) is 4.74 Å². The maximum Gasteiger partial charge on any atom is 0.254 e. The summed E-state index contributed by atoms with van der Waals surface area (Å²) in [6, 6.07) is 1.78. The van der Waals surface area contributed by atoms with Crippen LogP contribution in [-0.4, -0.2) is 25.7 Å². The van der Waals surface area contributed by atoms with E-state index in [2.05, 4.69) is 19.2 Å². The van der Waals surface area contributed by atoms with Gasteiger partial charge in [0.2, 0.25) is 0 Å². The molecule has 1 rings (SSSR count). The van der Waals surface area contributed by atoms with Gasteiger partial charge in [-0.1, -0.05) is 33.1 Å². The number of furan rings is 1. The van der Waals surface area contributed by atoms with E-state index in [0.29, 0.717) is 30.4 Å². The lowest BCUT2D eigenvalue weighted by molar-refractivity contribution is 0.0875. The second kappa shape index (κ2) is 10.4. The largest absolute Gasteiger partial charge is 0.466 e. The highest BCUT2D eigenvalue weighted by atomic mass is 16.5. The summed E-state index contributed by atoms with van der Waals surface area (Å²) in [6.07, 6.45) is 5.79. The Labute approximate surface area is 134 Å². The minimum absolute atomic E-state index is 0.0660. The summed E-state index contributed by atoms with van der Waals surface area (Å²) in [5, 5.41) is 2.91. The first-order valence-corrected chi connectivity index (χ1v) is 8.51. The maximum absolute atomic E-state index is 12.0. The van der Waals surface area contributed by atoms with Gasteiger partial charge in [0.15, 0.2) is 0 Å². The molecule has 1 unspecified atom stereocenters. The molecule has 4 nitrogen and oxygen atoms in total. The van der Waals surface area contributed by atoms with Gasteiger partial charge in [-0.25, -0.2) is 0 Å². The lowest BCUT2D eigenvalue weighted by Gasteiger charge is -2.14. The van der Waals surface area contributed by atoms with Gasteiger partial charge in [0.25, 0.3) is 5.91 Å². The Morgan fingerprint density at radius 2 is 2.09 bits per heavy atom. The molecule has 4 heteroatoms. The first-order valence-electron chi connectivity index (χ1n) is 8.51. The van der Waals surface area contributed by atoms with E-state index in [-0.39, 0.29) is 5.91 Å². The molecule has 1 atom stereocenters. The zero-order valence-corrected chi connectivity index (χ0v) is 14.5. The van der Waals surface area contributed by atoms with Gasteiger partial charge < -0.3 is 14.5 Å². The summed E-state index contributed by atoms with van der Waals surface area (Å²) < 4.78 is 11.1. The van der Waals surface area contributed by atoms with Crippen LogP contribution in [0.25, 0.3) is 0 Å². The molecule has 1 aromatic heterocycles. The van der Waals surface area contributed by atoms with Crippen molar-refractivity contribution in [3.05, 3.63) is 23.2 Å².